The van der Waals surface area contributed by atoms with Crippen LogP contribution in [0.2, 0.25) is 0 Å². The number of benzene rings is 3. The normalized spacial score (nSPS) is 11.4. The van der Waals surface area contributed by atoms with E-state index < -0.39 is 9.84 Å². The largest absolute Gasteiger partial charge is 0.341 e. The van der Waals surface area contributed by atoms with Gasteiger partial charge in [-0.3, -0.25) is 4.79 Å². The minimum absolute atomic E-state index is 0.00159. The Kier molecular flexibility index (Phi) is 6.70. The van der Waals surface area contributed by atoms with Crippen molar-refractivity contribution in [2.24, 2.45) is 0 Å². The molecule has 174 valence electrons. The number of nitrogens with zero attached hydrogens (tertiary/aromatic N) is 2. The van der Waals surface area contributed by atoms with Gasteiger partial charge in [-0.25, -0.2) is 8.42 Å². The molecule has 0 radical (unpaired) electrons. The number of hydrogen-bond acceptors (Lipinski definition) is 3. The van der Waals surface area contributed by atoms with Crippen LogP contribution in [0.3, 0.4) is 0 Å². The van der Waals surface area contributed by atoms with E-state index in [0.717, 1.165) is 33.6 Å². The highest BCUT2D eigenvalue weighted by Crippen LogP contribution is 2.32. The third kappa shape index (κ3) is 5.13. The van der Waals surface area contributed by atoms with Crippen LogP contribution in [-0.2, 0) is 27.6 Å². The highest BCUT2D eigenvalue weighted by Gasteiger charge is 2.21. The summed E-state index contributed by atoms with van der Waals surface area (Å²) >= 11 is 0. The highest BCUT2D eigenvalue weighted by molar-refractivity contribution is 7.90. The summed E-state index contributed by atoms with van der Waals surface area (Å²) in [6.07, 6.45) is 3.41. The molecule has 1 heterocycles. The molecule has 0 fully saturated rings. The smallest absolute Gasteiger partial charge is 0.227 e. The molecule has 6 heteroatoms. The second kappa shape index (κ2) is 9.69. The van der Waals surface area contributed by atoms with Crippen molar-refractivity contribution in [3.8, 4) is 16.8 Å². The quantitative estimate of drug-likeness (QED) is 0.378. The number of rotatable bonds is 7. The van der Waals surface area contributed by atoms with Crippen molar-refractivity contribution < 1.29 is 13.2 Å². The molecular weight excluding hydrogens is 444 g/mol. The molecule has 1 amide bonds. The molecule has 0 saturated heterocycles. The van der Waals surface area contributed by atoms with Crippen LogP contribution in [0.5, 0.6) is 0 Å². The average Bonchev–Trinajstić information content (AvgIpc) is 3.15. The third-order valence-corrected chi connectivity index (χ3v) is 7.12. The Morgan fingerprint density at radius 2 is 1.56 bits per heavy atom. The lowest BCUT2D eigenvalue weighted by Gasteiger charge is -2.18. The van der Waals surface area contributed by atoms with Crippen LogP contribution in [0.1, 0.15) is 16.8 Å². The molecule has 0 saturated carbocycles. The average molecular weight is 473 g/mol. The second-order valence-corrected chi connectivity index (χ2v) is 10.5. The fourth-order valence-corrected chi connectivity index (χ4v) is 4.77. The van der Waals surface area contributed by atoms with Gasteiger partial charge in [0.05, 0.1) is 11.3 Å². The van der Waals surface area contributed by atoms with Crippen molar-refractivity contribution in [1.29, 1.82) is 0 Å². The van der Waals surface area contributed by atoms with Crippen LogP contribution in [-0.4, -0.2) is 37.1 Å². The van der Waals surface area contributed by atoms with Gasteiger partial charge in [0, 0.05) is 43.0 Å². The molecule has 4 rings (SSSR count). The molecule has 0 atom stereocenters. The predicted octanol–water partition coefficient (Wildman–Crippen LogP) is 5.06. The van der Waals surface area contributed by atoms with Gasteiger partial charge in [-0.05, 0) is 47.9 Å². The van der Waals surface area contributed by atoms with E-state index in [1.807, 2.05) is 86.9 Å². The maximum Gasteiger partial charge on any atom is 0.227 e. The van der Waals surface area contributed by atoms with E-state index in [-0.39, 0.29) is 17.2 Å². The van der Waals surface area contributed by atoms with Gasteiger partial charge in [0.15, 0.2) is 9.84 Å². The minimum Gasteiger partial charge on any atom is -0.341 e. The van der Waals surface area contributed by atoms with Crippen LogP contribution >= 0.6 is 0 Å². The molecule has 0 aliphatic rings. The van der Waals surface area contributed by atoms with Gasteiger partial charge < -0.3 is 9.47 Å². The summed E-state index contributed by atoms with van der Waals surface area (Å²) in [6, 6.07) is 26.7. The first kappa shape index (κ1) is 23.5. The van der Waals surface area contributed by atoms with Crippen molar-refractivity contribution in [3.63, 3.8) is 0 Å². The Morgan fingerprint density at radius 1 is 0.912 bits per heavy atom. The number of para-hydroxylation sites is 1. The lowest BCUT2D eigenvalue weighted by atomic mass is 10.00. The molecule has 0 bridgehead atoms. The van der Waals surface area contributed by atoms with Crippen molar-refractivity contribution in [3.05, 3.63) is 108 Å². The van der Waals surface area contributed by atoms with Gasteiger partial charge in [0.2, 0.25) is 5.91 Å². The van der Waals surface area contributed by atoms with E-state index in [9.17, 15) is 13.2 Å². The molecule has 0 spiro atoms. The number of amides is 1. The van der Waals surface area contributed by atoms with Gasteiger partial charge in [0.25, 0.3) is 0 Å². The summed E-state index contributed by atoms with van der Waals surface area (Å²) in [6.45, 7) is 2.52. The van der Waals surface area contributed by atoms with Crippen LogP contribution in [0.25, 0.3) is 16.8 Å². The topological polar surface area (TPSA) is 59.4 Å². The lowest BCUT2D eigenvalue weighted by molar-refractivity contribution is -0.129. The maximum atomic E-state index is 13.2. The summed E-state index contributed by atoms with van der Waals surface area (Å²) in [7, 11) is -1.55. The summed E-state index contributed by atoms with van der Waals surface area (Å²) in [5, 5.41) is 0. The number of carbonyl (C=O) groups is 1. The fraction of sp³-hybridized carbons (Fsp3) is 0.179. The van der Waals surface area contributed by atoms with E-state index in [0.29, 0.717) is 6.54 Å². The Balaban J connectivity index is 1.75. The van der Waals surface area contributed by atoms with Gasteiger partial charge in [0.1, 0.15) is 0 Å². The first-order valence-corrected chi connectivity index (χ1v) is 13.0. The van der Waals surface area contributed by atoms with Gasteiger partial charge in [-0.1, -0.05) is 60.7 Å². The Hall–Kier alpha value is -3.64. The first-order valence-electron chi connectivity index (χ1n) is 11.1. The van der Waals surface area contributed by atoms with Crippen molar-refractivity contribution in [1.82, 2.24) is 9.47 Å². The number of aromatic nitrogens is 1. The second-order valence-electron chi connectivity index (χ2n) is 8.52. The van der Waals surface area contributed by atoms with Gasteiger partial charge in [-0.15, -0.1) is 0 Å². The first-order chi connectivity index (χ1) is 16.2. The van der Waals surface area contributed by atoms with Crippen molar-refractivity contribution in [2.45, 2.75) is 24.8 Å². The molecule has 1 aromatic heterocycles. The van der Waals surface area contributed by atoms with E-state index in [2.05, 4.69) is 4.57 Å². The van der Waals surface area contributed by atoms with E-state index in [4.69, 9.17) is 0 Å². The van der Waals surface area contributed by atoms with Crippen LogP contribution in [0.15, 0.2) is 96.0 Å². The molecule has 34 heavy (non-hydrogen) atoms. The molecular formula is C28H28N2O3S. The summed E-state index contributed by atoms with van der Waals surface area (Å²) in [5.74, 6) is -0.00159. The van der Waals surface area contributed by atoms with Gasteiger partial charge in [-0.2, -0.15) is 0 Å². The zero-order chi connectivity index (χ0) is 24.3. The summed E-state index contributed by atoms with van der Waals surface area (Å²) in [4.78, 5) is 15.2. The monoisotopic (exact) mass is 472 g/mol. The molecule has 0 unspecified atom stereocenters. The third-order valence-electron chi connectivity index (χ3n) is 6.01. The standard InChI is InChI=1S/C28H28N2O3S/c1-21-26(18-28(31)29(2)19-22-11-6-4-7-12-22)27(20-30(21)24-14-8-5-9-15-24)23-13-10-16-25(17-23)34(3,32)33/h4-17,20H,18-19H2,1-3H3. The lowest BCUT2D eigenvalue weighted by Crippen LogP contribution is -2.28. The Labute approximate surface area is 201 Å². The zero-order valence-corrected chi connectivity index (χ0v) is 20.4. The molecule has 0 N–H and O–H groups in total. The number of hydrogen-bond donors (Lipinski definition) is 0. The molecule has 3 aromatic carbocycles. The molecule has 4 aromatic rings. The fourth-order valence-electron chi connectivity index (χ4n) is 4.10. The molecule has 5 nitrogen and oxygen atoms in total. The van der Waals surface area contributed by atoms with Crippen LogP contribution < -0.4 is 0 Å². The number of likely N-dealkylation sites (N-methyl/N-ethyl adjacent to an activating group) is 1. The van der Waals surface area contributed by atoms with Crippen molar-refractivity contribution >= 4 is 15.7 Å². The number of carbonyl (C=O) groups excluding carboxylic acids is 1. The highest BCUT2D eigenvalue weighted by atomic mass is 32.2. The van der Waals surface area contributed by atoms with E-state index >= 15 is 0 Å². The predicted molar refractivity (Wildman–Crippen MR) is 136 cm³/mol. The summed E-state index contributed by atoms with van der Waals surface area (Å²) < 4.78 is 26.4. The summed E-state index contributed by atoms with van der Waals surface area (Å²) in [5.41, 5.74) is 5.52. The molecule has 0 aliphatic heterocycles. The van der Waals surface area contributed by atoms with E-state index in [1.54, 1.807) is 23.1 Å². The van der Waals surface area contributed by atoms with Crippen molar-refractivity contribution in [2.75, 3.05) is 13.3 Å². The van der Waals surface area contributed by atoms with Gasteiger partial charge >= 0.3 is 0 Å². The minimum atomic E-state index is -3.35. The van der Waals surface area contributed by atoms with Crippen LogP contribution in [0.4, 0.5) is 0 Å². The van der Waals surface area contributed by atoms with Crippen LogP contribution in [0, 0.1) is 6.92 Å². The number of sulfone groups is 1. The molecule has 0 aliphatic carbocycles. The SMILES string of the molecule is Cc1c(CC(=O)N(C)Cc2ccccc2)c(-c2cccc(S(C)(=O)=O)c2)cn1-c1ccccc1. The zero-order valence-electron chi connectivity index (χ0n) is 19.6. The Bertz CT molecular complexity index is 1410. The maximum absolute atomic E-state index is 13.2. The Morgan fingerprint density at radius 3 is 2.21 bits per heavy atom. The van der Waals surface area contributed by atoms with E-state index in [1.165, 1.54) is 6.26 Å².